The van der Waals surface area contributed by atoms with Gasteiger partial charge in [-0.25, -0.2) is 0 Å². The van der Waals surface area contributed by atoms with Crippen molar-refractivity contribution in [1.29, 1.82) is 0 Å². The summed E-state index contributed by atoms with van der Waals surface area (Å²) in [7, 11) is 0. The van der Waals surface area contributed by atoms with Gasteiger partial charge in [-0.05, 0) is 29.5 Å². The van der Waals surface area contributed by atoms with Gasteiger partial charge in [-0.15, -0.1) is 0 Å². The molecule has 4 bridgehead atoms. The quantitative estimate of drug-likeness (QED) is 0.486. The second kappa shape index (κ2) is 1.06. The second-order valence-electron chi connectivity index (χ2n) is 3.01. The van der Waals surface area contributed by atoms with Crippen LogP contribution in [-0.4, -0.2) is 0 Å². The average Bonchev–Trinajstić information content (AvgIpc) is 2.48. The Labute approximate surface area is 54.5 Å². The number of fused-ring (bicyclic) bond motifs is 3. The highest BCUT2D eigenvalue weighted by atomic mass is 14.4. The van der Waals surface area contributed by atoms with Crippen LogP contribution in [0.15, 0.2) is 18.2 Å². The molecule has 0 radical (unpaired) electrons. The molecule has 1 aromatic carbocycles. The van der Waals surface area contributed by atoms with Gasteiger partial charge in [0.2, 0.25) is 0 Å². The lowest BCUT2D eigenvalue weighted by atomic mass is 9.82. The molecule has 0 N–H and O–H groups in total. The Kier molecular flexibility index (Phi) is 0.484. The summed E-state index contributed by atoms with van der Waals surface area (Å²) in [4.78, 5) is 0. The summed E-state index contributed by atoms with van der Waals surface area (Å²) in [5.74, 6) is 0.880. The van der Waals surface area contributed by atoms with Gasteiger partial charge in [0.25, 0.3) is 0 Å². The highest BCUT2D eigenvalue weighted by molar-refractivity contribution is 5.57. The minimum Gasteiger partial charge on any atom is -0.0617 e. The predicted octanol–water partition coefficient (Wildman–Crippen LogP) is 2.08. The van der Waals surface area contributed by atoms with Crippen molar-refractivity contribution in [3.63, 3.8) is 0 Å². The monoisotopic (exact) mass is 116 g/mol. The van der Waals surface area contributed by atoms with E-state index in [9.17, 15) is 0 Å². The Balaban J connectivity index is 2.45. The third kappa shape index (κ3) is 0.286. The zero-order chi connectivity index (χ0) is 5.84. The standard InChI is InChI=1S/C9H8/c1-2-6-8-4-5-9(6)7(8)3-1/h1-3,8H,4-5H2. The minimum atomic E-state index is 0.880. The Morgan fingerprint density at radius 3 is 2.44 bits per heavy atom. The third-order valence-corrected chi connectivity index (χ3v) is 2.68. The first-order chi connectivity index (χ1) is 4.47. The number of hydrogen-bond donors (Lipinski definition) is 0. The van der Waals surface area contributed by atoms with Crippen molar-refractivity contribution >= 4 is 0 Å². The molecule has 0 heterocycles. The minimum absolute atomic E-state index is 0.880. The van der Waals surface area contributed by atoms with Crippen LogP contribution in [0.4, 0.5) is 0 Å². The van der Waals surface area contributed by atoms with Gasteiger partial charge < -0.3 is 0 Å². The molecule has 0 nitrogen and oxygen atoms in total. The fraction of sp³-hybridized carbons (Fsp3) is 0.333. The predicted molar refractivity (Wildman–Crippen MR) is 36.6 cm³/mol. The Hall–Kier alpha value is -0.780. The zero-order valence-electron chi connectivity index (χ0n) is 5.22. The van der Waals surface area contributed by atoms with Crippen LogP contribution < -0.4 is 0 Å². The maximum absolute atomic E-state index is 2.28. The molecule has 0 fully saturated rings. The van der Waals surface area contributed by atoms with E-state index in [1.54, 1.807) is 16.7 Å². The number of benzene rings is 1. The molecule has 0 unspecified atom stereocenters. The van der Waals surface area contributed by atoms with Crippen molar-refractivity contribution in [2.75, 3.05) is 0 Å². The Morgan fingerprint density at radius 1 is 1.22 bits per heavy atom. The van der Waals surface area contributed by atoms with E-state index in [2.05, 4.69) is 18.2 Å². The second-order valence-corrected chi connectivity index (χ2v) is 3.01. The number of hydrogen-bond acceptors (Lipinski definition) is 0. The van der Waals surface area contributed by atoms with Gasteiger partial charge in [0, 0.05) is 5.92 Å². The van der Waals surface area contributed by atoms with Crippen LogP contribution in [0, 0.1) is 0 Å². The highest BCUT2D eigenvalue weighted by Gasteiger charge is 2.36. The largest absolute Gasteiger partial charge is 0.0617 e. The first kappa shape index (κ1) is 4.10. The molecular weight excluding hydrogens is 108 g/mol. The molecule has 0 saturated carbocycles. The van der Waals surface area contributed by atoms with E-state index in [0.29, 0.717) is 0 Å². The van der Waals surface area contributed by atoms with Crippen molar-refractivity contribution in [2.24, 2.45) is 0 Å². The summed E-state index contributed by atoms with van der Waals surface area (Å²) < 4.78 is 0. The van der Waals surface area contributed by atoms with E-state index >= 15 is 0 Å². The van der Waals surface area contributed by atoms with E-state index in [1.807, 2.05) is 0 Å². The van der Waals surface area contributed by atoms with Gasteiger partial charge in [0.15, 0.2) is 0 Å². The summed E-state index contributed by atoms with van der Waals surface area (Å²) in [6.07, 6.45) is 2.76. The normalized spacial score (nSPS) is 20.0. The van der Waals surface area contributed by atoms with Gasteiger partial charge in [-0.1, -0.05) is 18.2 Å². The fourth-order valence-corrected chi connectivity index (χ4v) is 2.25. The third-order valence-electron chi connectivity index (χ3n) is 2.68. The summed E-state index contributed by atoms with van der Waals surface area (Å²) in [6, 6.07) is 6.73. The van der Waals surface area contributed by atoms with Crippen molar-refractivity contribution in [2.45, 2.75) is 18.8 Å². The van der Waals surface area contributed by atoms with Crippen molar-refractivity contribution in [1.82, 2.24) is 0 Å². The molecule has 1 aromatic rings. The van der Waals surface area contributed by atoms with Gasteiger partial charge in [0.1, 0.15) is 0 Å². The fourth-order valence-electron chi connectivity index (χ4n) is 2.25. The maximum atomic E-state index is 2.28. The molecular formula is C9H8. The SMILES string of the molecule is C1=CC2=C3CCC2C3=C1. The van der Waals surface area contributed by atoms with Crippen LogP contribution in [-0.2, 0) is 6.42 Å². The molecule has 44 valence electrons. The summed E-state index contributed by atoms with van der Waals surface area (Å²) in [6.45, 7) is 0. The maximum Gasteiger partial charge on any atom is 0.00981 e. The van der Waals surface area contributed by atoms with Crippen molar-refractivity contribution < 1.29 is 0 Å². The van der Waals surface area contributed by atoms with Crippen LogP contribution in [0.2, 0.25) is 0 Å². The van der Waals surface area contributed by atoms with E-state index in [1.165, 1.54) is 12.8 Å². The topological polar surface area (TPSA) is 0 Å². The molecule has 0 heteroatoms. The van der Waals surface area contributed by atoms with Crippen molar-refractivity contribution in [3.05, 3.63) is 34.9 Å². The molecule has 0 aromatic heterocycles. The molecule has 0 spiro atoms. The summed E-state index contributed by atoms with van der Waals surface area (Å²) in [5.41, 5.74) is 4.96. The van der Waals surface area contributed by atoms with Gasteiger partial charge >= 0.3 is 0 Å². The summed E-state index contributed by atoms with van der Waals surface area (Å²) in [5, 5.41) is 0. The Bertz CT molecular complexity index is 251. The molecule has 9 heavy (non-hydrogen) atoms. The lowest BCUT2D eigenvalue weighted by Gasteiger charge is -2.22. The van der Waals surface area contributed by atoms with Crippen LogP contribution >= 0.6 is 0 Å². The summed E-state index contributed by atoms with van der Waals surface area (Å²) >= 11 is 0. The average molecular weight is 116 g/mol. The first-order valence-electron chi connectivity index (χ1n) is 3.58. The van der Waals surface area contributed by atoms with Crippen LogP contribution in [0.3, 0.4) is 0 Å². The first-order valence-corrected chi connectivity index (χ1v) is 3.58. The molecule has 4 aliphatic rings. The van der Waals surface area contributed by atoms with Crippen molar-refractivity contribution in [3.8, 4) is 0 Å². The molecule has 0 atom stereocenters. The van der Waals surface area contributed by atoms with E-state index < -0.39 is 0 Å². The lowest BCUT2D eigenvalue weighted by Crippen LogP contribution is -2.06. The Morgan fingerprint density at radius 2 is 2.00 bits per heavy atom. The molecule has 4 aliphatic carbocycles. The smallest absolute Gasteiger partial charge is 0.00981 e. The highest BCUT2D eigenvalue weighted by Crippen LogP contribution is 2.50. The number of rotatable bonds is 0. The van der Waals surface area contributed by atoms with Gasteiger partial charge in [-0.2, -0.15) is 0 Å². The van der Waals surface area contributed by atoms with Crippen LogP contribution in [0.5, 0.6) is 0 Å². The molecule has 5 rings (SSSR count). The van der Waals surface area contributed by atoms with Crippen LogP contribution in [0.25, 0.3) is 0 Å². The lowest BCUT2D eigenvalue weighted by molar-refractivity contribution is 0.810. The van der Waals surface area contributed by atoms with E-state index in [4.69, 9.17) is 0 Å². The number of aryl methyl sites for hydroxylation is 1. The van der Waals surface area contributed by atoms with E-state index in [-0.39, 0.29) is 0 Å². The van der Waals surface area contributed by atoms with Gasteiger partial charge in [0.05, 0.1) is 0 Å². The van der Waals surface area contributed by atoms with Crippen LogP contribution in [0.1, 0.15) is 29.0 Å². The van der Waals surface area contributed by atoms with Gasteiger partial charge in [-0.3, -0.25) is 0 Å². The zero-order valence-corrected chi connectivity index (χ0v) is 5.22. The molecule has 0 amide bonds. The van der Waals surface area contributed by atoms with E-state index in [0.717, 1.165) is 5.92 Å². The molecule has 0 aliphatic heterocycles. The molecule has 0 saturated heterocycles.